The van der Waals surface area contributed by atoms with Crippen LogP contribution in [0.1, 0.15) is 47.0 Å². The number of carboxylic acids is 1. The van der Waals surface area contributed by atoms with Crippen molar-refractivity contribution >= 4 is 12.1 Å². The van der Waals surface area contributed by atoms with Gasteiger partial charge < -0.3 is 15.2 Å². The normalized spacial score (nSPS) is 23.4. The number of alkyl carbamates (subject to hydrolysis) is 1. The lowest BCUT2D eigenvalue weighted by molar-refractivity contribution is -0.142. The van der Waals surface area contributed by atoms with E-state index in [1.165, 1.54) is 0 Å². The number of carbonyl (C=O) groups is 2. The third kappa shape index (κ3) is 5.23. The van der Waals surface area contributed by atoms with Gasteiger partial charge in [0, 0.05) is 5.92 Å². The van der Waals surface area contributed by atoms with Gasteiger partial charge in [0.25, 0.3) is 0 Å². The van der Waals surface area contributed by atoms with Crippen LogP contribution in [0.3, 0.4) is 0 Å². The summed E-state index contributed by atoms with van der Waals surface area (Å²) < 4.78 is 5.23. The fourth-order valence-electron chi connectivity index (χ4n) is 1.99. The molecular formula is C15H25NO4. The Kier molecular flexibility index (Phi) is 5.60. The molecule has 0 aromatic rings. The average molecular weight is 283 g/mol. The molecule has 1 saturated carbocycles. The second-order valence-corrected chi connectivity index (χ2v) is 6.34. The van der Waals surface area contributed by atoms with Crippen molar-refractivity contribution in [1.29, 1.82) is 0 Å². The van der Waals surface area contributed by atoms with Gasteiger partial charge in [-0.1, -0.05) is 39.8 Å². The molecule has 1 amide bonds. The predicted molar refractivity (Wildman–Crippen MR) is 76.4 cm³/mol. The minimum Gasteiger partial charge on any atom is -0.480 e. The van der Waals surface area contributed by atoms with Crippen molar-refractivity contribution in [2.24, 2.45) is 11.3 Å². The molecule has 3 atom stereocenters. The second-order valence-electron chi connectivity index (χ2n) is 6.34. The van der Waals surface area contributed by atoms with Gasteiger partial charge in [-0.2, -0.15) is 0 Å². The maximum absolute atomic E-state index is 11.7. The van der Waals surface area contributed by atoms with E-state index in [-0.39, 0.29) is 6.10 Å². The molecule has 1 aliphatic rings. The highest BCUT2D eigenvalue weighted by Crippen LogP contribution is 2.37. The standard InChI is InChI=1S/C15H25NO4/c1-5-6-7-8-10-9-11(10)20-14(19)16-12(13(17)18)15(2,3)4/h6-7,10-12H,5,8-9H2,1-4H3,(H,16,19)(H,17,18)/b7-6-/t10-,11-,12?/m0/s1. The first-order valence-electron chi connectivity index (χ1n) is 7.10. The molecule has 1 rings (SSSR count). The van der Waals surface area contributed by atoms with Crippen LogP contribution >= 0.6 is 0 Å². The number of hydrogen-bond acceptors (Lipinski definition) is 3. The summed E-state index contributed by atoms with van der Waals surface area (Å²) in [5.74, 6) is -0.672. The first kappa shape index (κ1) is 16.5. The van der Waals surface area contributed by atoms with Crippen LogP contribution < -0.4 is 5.32 Å². The summed E-state index contributed by atoms with van der Waals surface area (Å²) in [5.41, 5.74) is -0.558. The molecule has 0 aromatic carbocycles. The molecule has 0 aromatic heterocycles. The van der Waals surface area contributed by atoms with Gasteiger partial charge in [-0.25, -0.2) is 9.59 Å². The van der Waals surface area contributed by atoms with Gasteiger partial charge in [0.2, 0.25) is 0 Å². The number of ether oxygens (including phenoxy) is 1. The van der Waals surface area contributed by atoms with E-state index in [1.54, 1.807) is 20.8 Å². The van der Waals surface area contributed by atoms with Gasteiger partial charge in [0.05, 0.1) is 0 Å². The zero-order valence-corrected chi connectivity index (χ0v) is 12.7. The summed E-state index contributed by atoms with van der Waals surface area (Å²) in [4.78, 5) is 22.9. The van der Waals surface area contributed by atoms with E-state index in [2.05, 4.69) is 24.4 Å². The Morgan fingerprint density at radius 3 is 2.55 bits per heavy atom. The molecule has 1 fully saturated rings. The summed E-state index contributed by atoms with van der Waals surface area (Å²) in [6.07, 6.45) is 6.24. The quantitative estimate of drug-likeness (QED) is 0.735. The lowest BCUT2D eigenvalue weighted by Gasteiger charge is -2.27. The number of nitrogens with one attached hydrogen (secondary N) is 1. The van der Waals surface area contributed by atoms with E-state index in [4.69, 9.17) is 9.84 Å². The minimum atomic E-state index is -1.05. The maximum atomic E-state index is 11.7. The highest BCUT2D eigenvalue weighted by molar-refractivity contribution is 5.80. The number of carboxylic acid groups (broad SMARTS) is 1. The summed E-state index contributed by atoms with van der Waals surface area (Å²) >= 11 is 0. The van der Waals surface area contributed by atoms with Crippen LogP contribution in [0.5, 0.6) is 0 Å². The van der Waals surface area contributed by atoms with Crippen molar-refractivity contribution in [3.63, 3.8) is 0 Å². The molecule has 0 aliphatic heterocycles. The van der Waals surface area contributed by atoms with Crippen LogP contribution in [0.2, 0.25) is 0 Å². The van der Waals surface area contributed by atoms with E-state index < -0.39 is 23.5 Å². The predicted octanol–water partition coefficient (Wildman–Crippen LogP) is 2.96. The minimum absolute atomic E-state index is 0.0779. The van der Waals surface area contributed by atoms with E-state index in [0.29, 0.717) is 5.92 Å². The molecule has 0 saturated heterocycles. The van der Waals surface area contributed by atoms with Crippen LogP contribution in [0.4, 0.5) is 4.79 Å². The van der Waals surface area contributed by atoms with E-state index in [0.717, 1.165) is 19.3 Å². The largest absolute Gasteiger partial charge is 0.480 e. The SMILES string of the molecule is CC/C=C\C[C@H]1C[C@@H]1OC(=O)NC(C(=O)O)C(C)(C)C. The highest BCUT2D eigenvalue weighted by atomic mass is 16.6. The number of allylic oxidation sites excluding steroid dienone is 2. The third-order valence-corrected chi connectivity index (χ3v) is 3.33. The van der Waals surface area contributed by atoms with Crippen LogP contribution in [-0.4, -0.2) is 29.3 Å². The van der Waals surface area contributed by atoms with Crippen LogP contribution in [-0.2, 0) is 9.53 Å². The summed E-state index contributed by atoms with van der Waals surface area (Å²) in [5, 5.41) is 11.6. The van der Waals surface area contributed by atoms with Gasteiger partial charge in [-0.15, -0.1) is 0 Å². The first-order chi connectivity index (χ1) is 9.25. The van der Waals surface area contributed by atoms with Gasteiger partial charge in [-0.05, 0) is 24.7 Å². The Hall–Kier alpha value is -1.52. The molecule has 2 N–H and O–H groups in total. The van der Waals surface area contributed by atoms with Gasteiger partial charge in [-0.3, -0.25) is 0 Å². The van der Waals surface area contributed by atoms with E-state index in [1.807, 2.05) is 0 Å². The Morgan fingerprint density at radius 1 is 1.40 bits per heavy atom. The number of rotatable bonds is 6. The van der Waals surface area contributed by atoms with E-state index >= 15 is 0 Å². The van der Waals surface area contributed by atoms with Crippen LogP contribution in [0.15, 0.2) is 12.2 Å². The molecule has 1 aliphatic carbocycles. The molecule has 0 heterocycles. The molecule has 114 valence electrons. The smallest absolute Gasteiger partial charge is 0.408 e. The van der Waals surface area contributed by atoms with Gasteiger partial charge in [0.1, 0.15) is 12.1 Å². The second kappa shape index (κ2) is 6.77. The summed E-state index contributed by atoms with van der Waals surface area (Å²) in [6.45, 7) is 7.37. The van der Waals surface area contributed by atoms with E-state index in [9.17, 15) is 9.59 Å². The molecule has 5 heteroatoms. The zero-order valence-electron chi connectivity index (χ0n) is 12.7. The van der Waals surface area contributed by atoms with Gasteiger partial charge >= 0.3 is 12.1 Å². The van der Waals surface area contributed by atoms with Crippen molar-refractivity contribution in [3.05, 3.63) is 12.2 Å². The monoisotopic (exact) mass is 283 g/mol. The average Bonchev–Trinajstić information content (AvgIpc) is 3.03. The molecule has 1 unspecified atom stereocenters. The molecule has 5 nitrogen and oxygen atoms in total. The lowest BCUT2D eigenvalue weighted by atomic mass is 9.87. The molecular weight excluding hydrogens is 258 g/mol. The Bertz CT molecular complexity index is 384. The number of aliphatic carboxylic acids is 1. The Morgan fingerprint density at radius 2 is 2.05 bits per heavy atom. The molecule has 20 heavy (non-hydrogen) atoms. The maximum Gasteiger partial charge on any atom is 0.408 e. The molecule has 0 radical (unpaired) electrons. The van der Waals surface area contributed by atoms with Gasteiger partial charge in [0.15, 0.2) is 0 Å². The van der Waals surface area contributed by atoms with Crippen LogP contribution in [0, 0.1) is 11.3 Å². The number of hydrogen-bond donors (Lipinski definition) is 2. The van der Waals surface area contributed by atoms with Crippen LogP contribution in [0.25, 0.3) is 0 Å². The fourth-order valence-corrected chi connectivity index (χ4v) is 1.99. The van der Waals surface area contributed by atoms with Crippen molar-refractivity contribution in [2.75, 3.05) is 0 Å². The van der Waals surface area contributed by atoms with Crippen molar-refractivity contribution in [2.45, 2.75) is 59.1 Å². The third-order valence-electron chi connectivity index (χ3n) is 3.33. The Labute approximate surface area is 120 Å². The van der Waals surface area contributed by atoms with Crippen molar-refractivity contribution in [1.82, 2.24) is 5.32 Å². The number of amides is 1. The highest BCUT2D eigenvalue weighted by Gasteiger charge is 2.41. The Balaban J connectivity index is 2.37. The summed E-state index contributed by atoms with van der Waals surface area (Å²) in [6, 6.07) is -0.952. The molecule has 0 spiro atoms. The topological polar surface area (TPSA) is 75.6 Å². The number of carbonyl (C=O) groups excluding carboxylic acids is 1. The lowest BCUT2D eigenvalue weighted by Crippen LogP contribution is -2.49. The zero-order chi connectivity index (χ0) is 15.3. The first-order valence-corrected chi connectivity index (χ1v) is 7.10. The van der Waals surface area contributed by atoms with Crippen molar-refractivity contribution < 1.29 is 19.4 Å². The fraction of sp³-hybridized carbons (Fsp3) is 0.733. The van der Waals surface area contributed by atoms with Crippen molar-refractivity contribution in [3.8, 4) is 0 Å². The summed E-state index contributed by atoms with van der Waals surface area (Å²) in [7, 11) is 0. The molecule has 0 bridgehead atoms.